The lowest BCUT2D eigenvalue weighted by molar-refractivity contribution is 0.402. The Balaban J connectivity index is 2.30. The Morgan fingerprint density at radius 1 is 1.33 bits per heavy atom. The fourth-order valence-electron chi connectivity index (χ4n) is 2.38. The average molecular weight is 204 g/mol. The lowest BCUT2D eigenvalue weighted by Gasteiger charge is -2.31. The summed E-state index contributed by atoms with van der Waals surface area (Å²) in [6.45, 7) is 6.40. The van der Waals surface area contributed by atoms with Crippen molar-refractivity contribution in [3.05, 3.63) is 34.9 Å². The molecule has 2 nitrogen and oxygen atoms in total. The first-order chi connectivity index (χ1) is 7.18. The monoisotopic (exact) mass is 204 g/mol. The second kappa shape index (κ2) is 4.33. The van der Waals surface area contributed by atoms with Gasteiger partial charge in [-0.2, -0.15) is 0 Å². The molecular weight excluding hydrogens is 184 g/mol. The zero-order chi connectivity index (χ0) is 10.8. The molecule has 1 heterocycles. The van der Waals surface area contributed by atoms with Gasteiger partial charge in [0.1, 0.15) is 0 Å². The van der Waals surface area contributed by atoms with Gasteiger partial charge < -0.3 is 11.1 Å². The minimum absolute atomic E-state index is 0.312. The van der Waals surface area contributed by atoms with Gasteiger partial charge in [0.25, 0.3) is 0 Å². The second-order valence-electron chi connectivity index (χ2n) is 4.62. The van der Waals surface area contributed by atoms with Gasteiger partial charge in [-0.25, -0.2) is 0 Å². The van der Waals surface area contributed by atoms with E-state index in [4.69, 9.17) is 5.73 Å². The summed E-state index contributed by atoms with van der Waals surface area (Å²) in [5, 5.41) is 3.43. The SMILES string of the molecule is Cc1ccc(C)c(C2CNCCC2N)c1. The van der Waals surface area contributed by atoms with Crippen LogP contribution in [0.3, 0.4) is 0 Å². The third kappa shape index (κ3) is 2.21. The van der Waals surface area contributed by atoms with E-state index in [1.807, 2.05) is 0 Å². The summed E-state index contributed by atoms with van der Waals surface area (Å²) in [6, 6.07) is 6.96. The van der Waals surface area contributed by atoms with Gasteiger partial charge in [-0.1, -0.05) is 23.8 Å². The van der Waals surface area contributed by atoms with Gasteiger partial charge in [0.05, 0.1) is 0 Å². The van der Waals surface area contributed by atoms with Crippen LogP contribution in [0.25, 0.3) is 0 Å². The standard InChI is InChI=1S/C13H20N2/c1-9-3-4-10(2)11(7-9)12-8-15-6-5-13(12)14/h3-4,7,12-13,15H,5-6,8,14H2,1-2H3. The molecule has 2 rings (SSSR count). The summed E-state index contributed by atoms with van der Waals surface area (Å²) >= 11 is 0. The van der Waals surface area contributed by atoms with Crippen LogP contribution in [0.15, 0.2) is 18.2 Å². The van der Waals surface area contributed by atoms with Crippen LogP contribution in [0.2, 0.25) is 0 Å². The third-order valence-electron chi connectivity index (χ3n) is 3.37. The van der Waals surface area contributed by atoms with Gasteiger partial charge in [0, 0.05) is 18.5 Å². The van der Waals surface area contributed by atoms with E-state index >= 15 is 0 Å². The number of hydrogen-bond donors (Lipinski definition) is 2. The molecule has 1 saturated heterocycles. The highest BCUT2D eigenvalue weighted by Gasteiger charge is 2.24. The molecule has 1 fully saturated rings. The van der Waals surface area contributed by atoms with Crippen LogP contribution in [0.5, 0.6) is 0 Å². The molecule has 0 spiro atoms. The molecule has 1 aliphatic heterocycles. The zero-order valence-corrected chi connectivity index (χ0v) is 9.59. The molecule has 1 aromatic carbocycles. The third-order valence-corrected chi connectivity index (χ3v) is 3.37. The van der Waals surface area contributed by atoms with Gasteiger partial charge in [0.15, 0.2) is 0 Å². The zero-order valence-electron chi connectivity index (χ0n) is 9.59. The molecule has 0 bridgehead atoms. The highest BCUT2D eigenvalue weighted by Crippen LogP contribution is 2.26. The number of nitrogens with two attached hydrogens (primary N) is 1. The van der Waals surface area contributed by atoms with Gasteiger partial charge in [-0.05, 0) is 37.9 Å². The van der Waals surface area contributed by atoms with Crippen molar-refractivity contribution in [2.75, 3.05) is 13.1 Å². The molecule has 0 saturated carbocycles. The first kappa shape index (κ1) is 10.7. The van der Waals surface area contributed by atoms with Crippen molar-refractivity contribution in [2.45, 2.75) is 32.2 Å². The minimum Gasteiger partial charge on any atom is -0.327 e. The molecular formula is C13H20N2. The average Bonchev–Trinajstić information content (AvgIpc) is 2.23. The van der Waals surface area contributed by atoms with E-state index in [1.54, 1.807) is 0 Å². The first-order valence-corrected chi connectivity index (χ1v) is 5.72. The molecule has 2 heteroatoms. The first-order valence-electron chi connectivity index (χ1n) is 5.72. The van der Waals surface area contributed by atoms with Crippen LogP contribution >= 0.6 is 0 Å². The molecule has 15 heavy (non-hydrogen) atoms. The van der Waals surface area contributed by atoms with E-state index < -0.39 is 0 Å². The Labute approximate surface area is 91.9 Å². The number of piperidine rings is 1. The molecule has 82 valence electrons. The Morgan fingerprint density at radius 3 is 2.87 bits per heavy atom. The molecule has 3 N–H and O–H groups in total. The fraction of sp³-hybridized carbons (Fsp3) is 0.538. The summed E-state index contributed by atoms with van der Waals surface area (Å²) in [4.78, 5) is 0. The van der Waals surface area contributed by atoms with Crippen molar-refractivity contribution in [2.24, 2.45) is 5.73 Å². The summed E-state index contributed by atoms with van der Waals surface area (Å²) in [6.07, 6.45) is 1.08. The Morgan fingerprint density at radius 2 is 2.13 bits per heavy atom. The predicted molar refractivity (Wildman–Crippen MR) is 64.1 cm³/mol. The largest absolute Gasteiger partial charge is 0.327 e. The summed E-state index contributed by atoms with van der Waals surface area (Å²) in [7, 11) is 0. The van der Waals surface area contributed by atoms with Crippen LogP contribution in [-0.2, 0) is 0 Å². The van der Waals surface area contributed by atoms with E-state index in [9.17, 15) is 0 Å². The Hall–Kier alpha value is -0.860. The number of nitrogens with one attached hydrogen (secondary N) is 1. The molecule has 2 atom stereocenters. The van der Waals surface area contributed by atoms with Crippen LogP contribution in [-0.4, -0.2) is 19.1 Å². The number of aryl methyl sites for hydroxylation is 2. The maximum atomic E-state index is 6.19. The van der Waals surface area contributed by atoms with Crippen LogP contribution in [0.4, 0.5) is 0 Å². The van der Waals surface area contributed by atoms with E-state index in [1.165, 1.54) is 16.7 Å². The normalized spacial score (nSPS) is 26.6. The predicted octanol–water partition coefficient (Wildman–Crippen LogP) is 1.71. The van der Waals surface area contributed by atoms with Crippen LogP contribution in [0, 0.1) is 13.8 Å². The van der Waals surface area contributed by atoms with Gasteiger partial charge in [-0.15, -0.1) is 0 Å². The van der Waals surface area contributed by atoms with E-state index in [-0.39, 0.29) is 0 Å². The topological polar surface area (TPSA) is 38.0 Å². The summed E-state index contributed by atoms with van der Waals surface area (Å²) in [5.74, 6) is 0.485. The molecule has 0 radical (unpaired) electrons. The lowest BCUT2D eigenvalue weighted by Crippen LogP contribution is -2.43. The van der Waals surface area contributed by atoms with Crippen molar-refractivity contribution in [3.63, 3.8) is 0 Å². The van der Waals surface area contributed by atoms with Crippen molar-refractivity contribution in [1.82, 2.24) is 5.32 Å². The highest BCUT2D eigenvalue weighted by atomic mass is 14.9. The lowest BCUT2D eigenvalue weighted by atomic mass is 9.84. The summed E-state index contributed by atoms with van der Waals surface area (Å²) in [5.41, 5.74) is 10.3. The van der Waals surface area contributed by atoms with Crippen molar-refractivity contribution in [1.29, 1.82) is 0 Å². The molecule has 0 aromatic heterocycles. The number of benzene rings is 1. The fourth-order valence-corrected chi connectivity index (χ4v) is 2.38. The number of hydrogen-bond acceptors (Lipinski definition) is 2. The molecule has 1 aliphatic rings. The maximum absolute atomic E-state index is 6.19. The minimum atomic E-state index is 0.312. The highest BCUT2D eigenvalue weighted by molar-refractivity contribution is 5.34. The maximum Gasteiger partial charge on any atom is 0.0132 e. The van der Waals surface area contributed by atoms with Crippen LogP contribution < -0.4 is 11.1 Å². The van der Waals surface area contributed by atoms with Crippen molar-refractivity contribution in [3.8, 4) is 0 Å². The number of rotatable bonds is 1. The molecule has 1 aromatic rings. The van der Waals surface area contributed by atoms with Crippen molar-refractivity contribution < 1.29 is 0 Å². The second-order valence-corrected chi connectivity index (χ2v) is 4.62. The Kier molecular flexibility index (Phi) is 3.08. The van der Waals surface area contributed by atoms with Crippen molar-refractivity contribution >= 4 is 0 Å². The van der Waals surface area contributed by atoms with E-state index in [2.05, 4.69) is 37.4 Å². The smallest absolute Gasteiger partial charge is 0.0132 e. The molecule has 0 aliphatic carbocycles. The van der Waals surface area contributed by atoms with Gasteiger partial charge in [-0.3, -0.25) is 0 Å². The van der Waals surface area contributed by atoms with E-state index in [0.29, 0.717) is 12.0 Å². The quantitative estimate of drug-likeness (QED) is 0.731. The van der Waals surface area contributed by atoms with Gasteiger partial charge >= 0.3 is 0 Å². The Bertz CT molecular complexity index is 346. The van der Waals surface area contributed by atoms with E-state index in [0.717, 1.165) is 19.5 Å². The summed E-state index contributed by atoms with van der Waals surface area (Å²) < 4.78 is 0. The molecule has 2 unspecified atom stereocenters. The van der Waals surface area contributed by atoms with Crippen LogP contribution in [0.1, 0.15) is 29.0 Å². The molecule has 0 amide bonds. The van der Waals surface area contributed by atoms with Gasteiger partial charge in [0.2, 0.25) is 0 Å².